The Kier molecular flexibility index (Phi) is 8.03. The van der Waals surface area contributed by atoms with Crippen LogP contribution in [-0.4, -0.2) is 79.0 Å². The number of carbonyl (C=O) groups is 2. The third-order valence-electron chi connectivity index (χ3n) is 8.30. The largest absolute Gasteiger partial charge is 0.496 e. The zero-order chi connectivity index (χ0) is 29.5. The van der Waals surface area contributed by atoms with Crippen molar-refractivity contribution in [3.63, 3.8) is 0 Å². The smallest absolute Gasteiger partial charge is 0.419 e. The van der Waals surface area contributed by atoms with Gasteiger partial charge in [0.1, 0.15) is 11.4 Å². The van der Waals surface area contributed by atoms with Crippen LogP contribution in [0.25, 0.3) is 10.9 Å². The molecule has 5 rings (SSSR count). The number of methoxy groups -OCH3 is 2. The summed E-state index contributed by atoms with van der Waals surface area (Å²) in [6, 6.07) is 10.6. The number of ether oxygens (including phenoxy) is 3. The SMILES string of the molecule is CNc1cc([C@@H]2CN3CCC[C@H]3CN2Cc2c(OC)cc(C)c3c2ccn3C(=O)OC(C)(C)C)ccc1C(=O)OC. The summed E-state index contributed by atoms with van der Waals surface area (Å²) in [5, 5.41) is 4.16. The van der Waals surface area contributed by atoms with E-state index in [1.165, 1.54) is 20.0 Å². The molecule has 2 fully saturated rings. The van der Waals surface area contributed by atoms with Crippen molar-refractivity contribution in [3.8, 4) is 5.75 Å². The van der Waals surface area contributed by atoms with Gasteiger partial charge in [0.2, 0.25) is 0 Å². The van der Waals surface area contributed by atoms with Crippen LogP contribution in [0.2, 0.25) is 0 Å². The van der Waals surface area contributed by atoms with Gasteiger partial charge in [0.25, 0.3) is 0 Å². The number of benzene rings is 2. The van der Waals surface area contributed by atoms with E-state index in [4.69, 9.17) is 14.2 Å². The van der Waals surface area contributed by atoms with E-state index in [9.17, 15) is 9.59 Å². The number of esters is 1. The summed E-state index contributed by atoms with van der Waals surface area (Å²) >= 11 is 0. The minimum absolute atomic E-state index is 0.108. The molecular formula is C32H42N4O5. The summed E-state index contributed by atoms with van der Waals surface area (Å²) in [7, 11) is 4.92. The summed E-state index contributed by atoms with van der Waals surface area (Å²) in [6.07, 6.45) is 3.79. The maximum atomic E-state index is 13.1. The second kappa shape index (κ2) is 11.4. The molecule has 0 bridgehead atoms. The number of hydrogen-bond donors (Lipinski definition) is 1. The number of nitrogens with zero attached hydrogens (tertiary/aromatic N) is 3. The minimum atomic E-state index is -0.597. The third kappa shape index (κ3) is 5.65. The monoisotopic (exact) mass is 562 g/mol. The molecule has 9 heteroatoms. The Bertz CT molecular complexity index is 1460. The van der Waals surface area contributed by atoms with E-state index in [-0.39, 0.29) is 12.0 Å². The van der Waals surface area contributed by atoms with Crippen LogP contribution < -0.4 is 10.1 Å². The van der Waals surface area contributed by atoms with Crippen LogP contribution in [-0.2, 0) is 16.0 Å². The van der Waals surface area contributed by atoms with E-state index in [2.05, 4.69) is 21.2 Å². The minimum Gasteiger partial charge on any atom is -0.496 e. The number of carbonyl (C=O) groups excluding carboxylic acids is 2. The fourth-order valence-electron chi connectivity index (χ4n) is 6.41. The van der Waals surface area contributed by atoms with Crippen molar-refractivity contribution >= 4 is 28.7 Å². The van der Waals surface area contributed by atoms with Gasteiger partial charge in [-0.25, -0.2) is 9.59 Å². The molecule has 1 aromatic heterocycles. The van der Waals surface area contributed by atoms with Crippen molar-refractivity contribution in [1.82, 2.24) is 14.4 Å². The third-order valence-corrected chi connectivity index (χ3v) is 8.30. The van der Waals surface area contributed by atoms with Gasteiger partial charge in [0.15, 0.2) is 0 Å². The van der Waals surface area contributed by atoms with Crippen LogP contribution in [0.1, 0.15) is 66.7 Å². The van der Waals surface area contributed by atoms with Crippen LogP contribution in [0.15, 0.2) is 36.5 Å². The maximum absolute atomic E-state index is 13.1. The van der Waals surface area contributed by atoms with E-state index in [1.807, 2.05) is 59.0 Å². The quantitative estimate of drug-likeness (QED) is 0.389. The van der Waals surface area contributed by atoms with Crippen LogP contribution in [0.3, 0.4) is 0 Å². The number of fused-ring (bicyclic) bond motifs is 2. The van der Waals surface area contributed by atoms with E-state index in [0.717, 1.165) is 58.7 Å². The molecule has 2 aliphatic heterocycles. The number of nitrogens with one attached hydrogen (secondary N) is 1. The molecule has 3 aromatic rings. The van der Waals surface area contributed by atoms with Crippen molar-refractivity contribution < 1.29 is 23.8 Å². The van der Waals surface area contributed by atoms with Gasteiger partial charge >= 0.3 is 12.1 Å². The van der Waals surface area contributed by atoms with Crippen LogP contribution in [0, 0.1) is 6.92 Å². The molecule has 0 radical (unpaired) electrons. The maximum Gasteiger partial charge on any atom is 0.419 e. The van der Waals surface area contributed by atoms with Gasteiger partial charge < -0.3 is 19.5 Å². The molecule has 2 saturated heterocycles. The second-order valence-electron chi connectivity index (χ2n) is 12.1. The van der Waals surface area contributed by atoms with Crippen molar-refractivity contribution in [2.45, 2.75) is 64.8 Å². The highest BCUT2D eigenvalue weighted by atomic mass is 16.6. The number of aryl methyl sites for hydroxylation is 1. The lowest BCUT2D eigenvalue weighted by Gasteiger charge is -2.44. The molecule has 0 saturated carbocycles. The van der Waals surface area contributed by atoms with Gasteiger partial charge in [-0.05, 0) is 82.5 Å². The standard InChI is InChI=1S/C32H42N4O5/c1-20-15-28(39-6)25(23-12-14-36(29(20)23)31(38)41-32(2,3)4)18-35-17-22-9-8-13-34(22)19-27(35)21-10-11-24(30(37)40-7)26(16-21)33-5/h10-12,14-16,22,27,33H,8-9,13,17-19H2,1-7H3/t22-,27-/m0/s1. The normalized spacial score (nSPS) is 19.7. The van der Waals surface area contributed by atoms with Crippen molar-refractivity contribution in [1.29, 1.82) is 0 Å². The number of aromatic nitrogens is 1. The number of rotatable bonds is 6. The fourth-order valence-corrected chi connectivity index (χ4v) is 6.41. The highest BCUT2D eigenvalue weighted by Crippen LogP contribution is 2.39. The van der Waals surface area contributed by atoms with Crippen molar-refractivity contribution in [3.05, 3.63) is 58.8 Å². The van der Waals surface area contributed by atoms with E-state index in [1.54, 1.807) is 17.9 Å². The lowest BCUT2D eigenvalue weighted by atomic mass is 9.96. The first-order valence-corrected chi connectivity index (χ1v) is 14.3. The zero-order valence-corrected chi connectivity index (χ0v) is 25.2. The predicted molar refractivity (Wildman–Crippen MR) is 160 cm³/mol. The first-order chi connectivity index (χ1) is 19.5. The molecule has 220 valence electrons. The summed E-state index contributed by atoms with van der Waals surface area (Å²) in [4.78, 5) is 30.6. The predicted octanol–water partition coefficient (Wildman–Crippen LogP) is 5.59. The number of anilines is 1. The summed E-state index contributed by atoms with van der Waals surface area (Å²) in [5.74, 6) is 0.448. The first-order valence-electron chi connectivity index (χ1n) is 14.3. The number of piperazine rings is 1. The Morgan fingerprint density at radius 3 is 2.56 bits per heavy atom. The molecule has 2 aliphatic rings. The molecule has 1 N–H and O–H groups in total. The zero-order valence-electron chi connectivity index (χ0n) is 25.2. The topological polar surface area (TPSA) is 85.3 Å². The molecule has 41 heavy (non-hydrogen) atoms. The Morgan fingerprint density at radius 2 is 1.88 bits per heavy atom. The van der Waals surface area contributed by atoms with Crippen LogP contribution in [0.4, 0.5) is 10.5 Å². The molecule has 3 heterocycles. The first kappa shape index (κ1) is 29.0. The number of hydrogen-bond acceptors (Lipinski definition) is 8. The average Bonchev–Trinajstić information content (AvgIpc) is 3.59. The Labute approximate surface area is 242 Å². The van der Waals surface area contributed by atoms with Crippen LogP contribution in [0.5, 0.6) is 5.75 Å². The van der Waals surface area contributed by atoms with Crippen LogP contribution >= 0.6 is 0 Å². The van der Waals surface area contributed by atoms with Crippen molar-refractivity contribution in [2.24, 2.45) is 0 Å². The molecule has 0 unspecified atom stereocenters. The fraction of sp³-hybridized carbons (Fsp3) is 0.500. The molecule has 0 aliphatic carbocycles. The van der Waals surface area contributed by atoms with Gasteiger partial charge in [0, 0.05) is 61.6 Å². The molecule has 2 aromatic carbocycles. The van der Waals surface area contributed by atoms with Gasteiger partial charge in [-0.1, -0.05) is 6.07 Å². The Morgan fingerprint density at radius 1 is 1.10 bits per heavy atom. The highest BCUT2D eigenvalue weighted by Gasteiger charge is 2.38. The Hall–Kier alpha value is -3.56. The average molecular weight is 563 g/mol. The molecule has 0 amide bonds. The highest BCUT2D eigenvalue weighted by molar-refractivity contribution is 5.96. The molecule has 2 atom stereocenters. The van der Waals surface area contributed by atoms with E-state index >= 15 is 0 Å². The lowest BCUT2D eigenvalue weighted by Crippen LogP contribution is -2.51. The summed E-state index contributed by atoms with van der Waals surface area (Å²) in [6.45, 7) is 11.2. The van der Waals surface area contributed by atoms with E-state index in [0.29, 0.717) is 18.2 Å². The molecule has 9 nitrogen and oxygen atoms in total. The van der Waals surface area contributed by atoms with Gasteiger partial charge in [-0.15, -0.1) is 0 Å². The Balaban J connectivity index is 1.56. The summed E-state index contributed by atoms with van der Waals surface area (Å²) in [5.41, 5.74) is 4.65. The second-order valence-corrected chi connectivity index (χ2v) is 12.1. The summed E-state index contributed by atoms with van der Waals surface area (Å²) < 4.78 is 18.2. The molecule has 0 spiro atoms. The molecular weight excluding hydrogens is 520 g/mol. The van der Waals surface area contributed by atoms with Crippen molar-refractivity contribution in [2.75, 3.05) is 46.2 Å². The lowest BCUT2D eigenvalue weighted by molar-refractivity contribution is 0.0446. The van der Waals surface area contributed by atoms with Gasteiger partial charge in [-0.2, -0.15) is 0 Å². The van der Waals surface area contributed by atoms with E-state index < -0.39 is 11.7 Å². The van der Waals surface area contributed by atoms with Gasteiger partial charge in [-0.3, -0.25) is 14.4 Å². The van der Waals surface area contributed by atoms with Gasteiger partial charge in [0.05, 0.1) is 25.3 Å².